The molecule has 0 radical (unpaired) electrons. The van der Waals surface area contributed by atoms with Crippen molar-refractivity contribution in [3.8, 4) is 0 Å². The highest BCUT2D eigenvalue weighted by Gasteiger charge is 2.14. The molecule has 0 saturated heterocycles. The lowest BCUT2D eigenvalue weighted by molar-refractivity contribution is 0.101. The third kappa shape index (κ3) is 2.14. The Balaban J connectivity index is 2.03. The molecule has 0 bridgehead atoms. The van der Waals surface area contributed by atoms with Crippen LogP contribution in [0.25, 0.3) is 11.0 Å². The average molecular weight is 264 g/mol. The zero-order chi connectivity index (χ0) is 14.1. The Bertz CT molecular complexity index is 795. The van der Waals surface area contributed by atoms with E-state index in [0.29, 0.717) is 16.7 Å². The van der Waals surface area contributed by atoms with Gasteiger partial charge in [-0.15, -0.1) is 0 Å². The molecular formula is C17H12O3. The largest absolute Gasteiger partial charge is 0.453 e. The molecule has 0 aliphatic rings. The van der Waals surface area contributed by atoms with E-state index < -0.39 is 0 Å². The summed E-state index contributed by atoms with van der Waals surface area (Å²) < 4.78 is 5.55. The first-order chi connectivity index (χ1) is 9.67. The van der Waals surface area contributed by atoms with Crippen LogP contribution in [0.15, 0.2) is 52.9 Å². The number of hydrogen-bond donors (Lipinski definition) is 0. The Morgan fingerprint density at radius 3 is 2.50 bits per heavy atom. The highest BCUT2D eigenvalue weighted by Crippen LogP contribution is 2.22. The SMILES string of the molecule is Cc1ccc(C(=O)c2cc3cc(C=O)ccc3o2)cc1. The molecule has 3 aromatic rings. The van der Waals surface area contributed by atoms with E-state index in [4.69, 9.17) is 4.42 Å². The zero-order valence-electron chi connectivity index (χ0n) is 10.9. The van der Waals surface area contributed by atoms with Gasteiger partial charge in [0.25, 0.3) is 0 Å². The van der Waals surface area contributed by atoms with Gasteiger partial charge in [0.15, 0.2) is 5.76 Å². The van der Waals surface area contributed by atoms with Gasteiger partial charge in [-0.25, -0.2) is 0 Å². The summed E-state index contributed by atoms with van der Waals surface area (Å²) in [6.45, 7) is 1.97. The van der Waals surface area contributed by atoms with Gasteiger partial charge >= 0.3 is 0 Å². The van der Waals surface area contributed by atoms with E-state index in [1.54, 1.807) is 36.4 Å². The number of rotatable bonds is 3. The van der Waals surface area contributed by atoms with Gasteiger partial charge in [0, 0.05) is 16.5 Å². The second-order valence-electron chi connectivity index (χ2n) is 4.72. The molecule has 0 saturated carbocycles. The molecule has 0 atom stereocenters. The summed E-state index contributed by atoms with van der Waals surface area (Å²) in [6.07, 6.45) is 0.772. The van der Waals surface area contributed by atoms with E-state index in [1.165, 1.54) is 0 Å². The van der Waals surface area contributed by atoms with Gasteiger partial charge in [0.1, 0.15) is 11.9 Å². The topological polar surface area (TPSA) is 47.3 Å². The van der Waals surface area contributed by atoms with Gasteiger partial charge < -0.3 is 4.42 Å². The van der Waals surface area contributed by atoms with E-state index in [0.717, 1.165) is 17.2 Å². The van der Waals surface area contributed by atoms with Crippen LogP contribution >= 0.6 is 0 Å². The number of carbonyl (C=O) groups excluding carboxylic acids is 2. The molecule has 0 amide bonds. The van der Waals surface area contributed by atoms with Crippen LogP contribution in [0.1, 0.15) is 32.0 Å². The number of hydrogen-bond acceptors (Lipinski definition) is 3. The molecule has 0 spiro atoms. The van der Waals surface area contributed by atoms with Crippen molar-refractivity contribution in [1.29, 1.82) is 0 Å². The second kappa shape index (κ2) is 4.78. The molecule has 2 aromatic carbocycles. The van der Waals surface area contributed by atoms with Gasteiger partial charge in [-0.2, -0.15) is 0 Å². The molecule has 0 aliphatic carbocycles. The van der Waals surface area contributed by atoms with Gasteiger partial charge in [-0.1, -0.05) is 29.8 Å². The average Bonchev–Trinajstić information content (AvgIpc) is 2.90. The summed E-state index contributed by atoms with van der Waals surface area (Å²) in [7, 11) is 0. The molecule has 0 aliphatic heterocycles. The fourth-order valence-electron chi connectivity index (χ4n) is 2.09. The van der Waals surface area contributed by atoms with E-state index in [1.807, 2.05) is 19.1 Å². The fourth-order valence-corrected chi connectivity index (χ4v) is 2.09. The summed E-state index contributed by atoms with van der Waals surface area (Å²) in [4.78, 5) is 23.1. The predicted molar refractivity (Wildman–Crippen MR) is 76.2 cm³/mol. The molecule has 98 valence electrons. The van der Waals surface area contributed by atoms with Crippen molar-refractivity contribution in [1.82, 2.24) is 0 Å². The predicted octanol–water partition coefficient (Wildman–Crippen LogP) is 3.78. The number of carbonyl (C=O) groups is 2. The van der Waals surface area contributed by atoms with E-state index >= 15 is 0 Å². The maximum atomic E-state index is 12.3. The molecular weight excluding hydrogens is 252 g/mol. The minimum absolute atomic E-state index is 0.158. The summed E-state index contributed by atoms with van der Waals surface area (Å²) in [5.41, 5.74) is 2.85. The normalized spacial score (nSPS) is 10.7. The zero-order valence-corrected chi connectivity index (χ0v) is 10.9. The van der Waals surface area contributed by atoms with Crippen molar-refractivity contribution in [3.63, 3.8) is 0 Å². The highest BCUT2D eigenvalue weighted by atomic mass is 16.3. The summed E-state index contributed by atoms with van der Waals surface area (Å²) >= 11 is 0. The van der Waals surface area contributed by atoms with Crippen LogP contribution in [0.4, 0.5) is 0 Å². The monoisotopic (exact) mass is 264 g/mol. The lowest BCUT2D eigenvalue weighted by Gasteiger charge is -1.97. The van der Waals surface area contributed by atoms with Crippen LogP contribution < -0.4 is 0 Å². The minimum atomic E-state index is -0.158. The first-order valence-electron chi connectivity index (χ1n) is 6.27. The Kier molecular flexibility index (Phi) is 2.95. The molecule has 1 aromatic heterocycles. The quantitative estimate of drug-likeness (QED) is 0.534. The maximum Gasteiger partial charge on any atom is 0.228 e. The maximum absolute atomic E-state index is 12.3. The number of benzene rings is 2. The third-order valence-corrected chi connectivity index (χ3v) is 3.21. The summed E-state index contributed by atoms with van der Waals surface area (Å²) in [6, 6.07) is 14.1. The molecule has 20 heavy (non-hydrogen) atoms. The van der Waals surface area contributed by atoms with Crippen molar-refractivity contribution < 1.29 is 14.0 Å². The lowest BCUT2D eigenvalue weighted by Crippen LogP contribution is -1.98. The Morgan fingerprint density at radius 2 is 1.80 bits per heavy atom. The van der Waals surface area contributed by atoms with Gasteiger partial charge in [0.2, 0.25) is 5.78 Å². The summed E-state index contributed by atoms with van der Waals surface area (Å²) in [5.74, 6) is 0.126. The Morgan fingerprint density at radius 1 is 1.05 bits per heavy atom. The lowest BCUT2D eigenvalue weighted by atomic mass is 10.1. The van der Waals surface area contributed by atoms with Gasteiger partial charge in [-0.3, -0.25) is 9.59 Å². The fraction of sp³-hybridized carbons (Fsp3) is 0.0588. The van der Waals surface area contributed by atoms with Crippen LogP contribution in [0, 0.1) is 6.92 Å². The van der Waals surface area contributed by atoms with Crippen LogP contribution in [-0.2, 0) is 0 Å². The minimum Gasteiger partial charge on any atom is -0.453 e. The number of fused-ring (bicyclic) bond motifs is 1. The number of ketones is 1. The van der Waals surface area contributed by atoms with Crippen LogP contribution in [0.5, 0.6) is 0 Å². The number of aryl methyl sites for hydroxylation is 1. The van der Waals surface area contributed by atoms with Gasteiger partial charge in [0.05, 0.1) is 0 Å². The Hall–Kier alpha value is -2.68. The van der Waals surface area contributed by atoms with Crippen molar-refractivity contribution in [2.75, 3.05) is 0 Å². The smallest absolute Gasteiger partial charge is 0.228 e. The van der Waals surface area contributed by atoms with Crippen LogP contribution in [0.3, 0.4) is 0 Å². The first-order valence-corrected chi connectivity index (χ1v) is 6.27. The Labute approximate surface area is 115 Å². The van der Waals surface area contributed by atoms with E-state index in [9.17, 15) is 9.59 Å². The molecule has 3 nitrogen and oxygen atoms in total. The molecule has 3 rings (SSSR count). The highest BCUT2D eigenvalue weighted by molar-refractivity contribution is 6.09. The van der Waals surface area contributed by atoms with E-state index in [2.05, 4.69) is 0 Å². The van der Waals surface area contributed by atoms with Crippen molar-refractivity contribution >= 4 is 23.0 Å². The van der Waals surface area contributed by atoms with Crippen molar-refractivity contribution in [2.24, 2.45) is 0 Å². The van der Waals surface area contributed by atoms with Crippen LogP contribution in [-0.4, -0.2) is 12.1 Å². The first kappa shape index (κ1) is 12.4. The van der Waals surface area contributed by atoms with Crippen molar-refractivity contribution in [2.45, 2.75) is 6.92 Å². The molecule has 0 N–H and O–H groups in total. The van der Waals surface area contributed by atoms with E-state index in [-0.39, 0.29) is 11.5 Å². The standard InChI is InChI=1S/C17H12O3/c1-11-2-5-13(6-3-11)17(19)16-9-14-8-12(10-18)4-7-15(14)20-16/h2-10H,1H3. The molecule has 3 heteroatoms. The van der Waals surface area contributed by atoms with Crippen molar-refractivity contribution in [3.05, 3.63) is 71.0 Å². The number of aldehydes is 1. The van der Waals surface area contributed by atoms with Gasteiger partial charge in [-0.05, 0) is 31.2 Å². The molecule has 1 heterocycles. The number of furan rings is 1. The molecule has 0 unspecified atom stereocenters. The summed E-state index contributed by atoms with van der Waals surface area (Å²) in [5, 5.41) is 0.755. The second-order valence-corrected chi connectivity index (χ2v) is 4.72. The van der Waals surface area contributed by atoms with Crippen LogP contribution in [0.2, 0.25) is 0 Å². The molecule has 0 fully saturated rings. The third-order valence-electron chi connectivity index (χ3n) is 3.21.